The molecular weight excluding hydrogens is 458 g/mol. The molecule has 6 nitrogen and oxygen atoms in total. The Hall–Kier alpha value is -1.86. The van der Waals surface area contributed by atoms with Gasteiger partial charge in [-0.2, -0.15) is 0 Å². The van der Waals surface area contributed by atoms with E-state index >= 15 is 0 Å². The molecule has 0 radical (unpaired) electrons. The molecule has 0 aliphatic heterocycles. The van der Waals surface area contributed by atoms with Gasteiger partial charge in [0, 0.05) is 12.1 Å². The summed E-state index contributed by atoms with van der Waals surface area (Å²) in [4.78, 5) is 13.5. The Labute approximate surface area is 224 Å². The number of hydrogen-bond acceptors (Lipinski definition) is 6. The van der Waals surface area contributed by atoms with E-state index in [4.69, 9.17) is 23.7 Å². The van der Waals surface area contributed by atoms with Crippen molar-refractivity contribution in [1.29, 1.82) is 0 Å². The van der Waals surface area contributed by atoms with Crippen LogP contribution >= 0.6 is 8.58 Å². The van der Waals surface area contributed by atoms with E-state index in [1.165, 1.54) is 0 Å². The second-order valence-electron chi connectivity index (χ2n) is 7.89. The van der Waals surface area contributed by atoms with Crippen molar-refractivity contribution < 1.29 is 28.5 Å². The van der Waals surface area contributed by atoms with Gasteiger partial charge in [-0.25, -0.2) is 0 Å². The molecule has 0 saturated carbocycles. The number of unbranched alkanes of at least 4 members (excludes halogenated alkanes) is 3. The Bertz CT molecular complexity index is 852. The topological polar surface area (TPSA) is 63.2 Å². The third kappa shape index (κ3) is 9.60. The molecular formula is C27H40LiO6P. The second-order valence-corrected chi connectivity index (χ2v) is 9.10. The van der Waals surface area contributed by atoms with E-state index in [1.54, 1.807) is 32.4 Å². The van der Waals surface area contributed by atoms with Gasteiger partial charge in [-0.1, -0.05) is 46.1 Å². The fourth-order valence-corrected chi connectivity index (χ4v) is 4.37. The van der Waals surface area contributed by atoms with Crippen LogP contribution in [0.25, 0.3) is 0 Å². The number of ether oxygens (including phenoxy) is 5. The van der Waals surface area contributed by atoms with Crippen molar-refractivity contribution >= 4 is 38.3 Å². The van der Waals surface area contributed by atoms with Crippen molar-refractivity contribution in [1.82, 2.24) is 0 Å². The van der Waals surface area contributed by atoms with Crippen LogP contribution < -0.4 is 29.0 Å². The minimum absolute atomic E-state index is 0. The number of rotatable bonds is 17. The molecule has 2 aromatic carbocycles. The van der Waals surface area contributed by atoms with Gasteiger partial charge in [0.05, 0.1) is 39.3 Å². The number of carbonyl (C=O) groups excluding carboxylic acids is 1. The molecule has 0 bridgehead atoms. The number of methoxy groups -OCH3 is 2. The maximum absolute atomic E-state index is 13.5. The molecule has 8 heteroatoms. The molecule has 2 aromatic rings. The molecule has 0 N–H and O–H groups in total. The predicted molar refractivity (Wildman–Crippen MR) is 147 cm³/mol. The average Bonchev–Trinajstić information content (AvgIpc) is 2.85. The zero-order valence-electron chi connectivity index (χ0n) is 21.2. The van der Waals surface area contributed by atoms with Crippen LogP contribution in [0.4, 0.5) is 0 Å². The van der Waals surface area contributed by atoms with E-state index < -0.39 is 0 Å². The van der Waals surface area contributed by atoms with Crippen molar-refractivity contribution in [2.75, 3.05) is 34.0 Å². The van der Waals surface area contributed by atoms with Crippen LogP contribution in [0, 0.1) is 0 Å². The molecule has 0 spiro atoms. The summed E-state index contributed by atoms with van der Waals surface area (Å²) in [7, 11) is 2.87. The van der Waals surface area contributed by atoms with Gasteiger partial charge in [-0.15, -0.1) is 0 Å². The van der Waals surface area contributed by atoms with E-state index in [2.05, 4.69) is 20.8 Å². The normalized spacial score (nSPS) is 10.7. The molecule has 1 unspecified atom stereocenters. The van der Waals surface area contributed by atoms with Gasteiger partial charge >= 0.3 is 18.9 Å². The quantitative estimate of drug-likeness (QED) is 0.158. The Morgan fingerprint density at radius 1 is 0.743 bits per heavy atom. The van der Waals surface area contributed by atoms with Gasteiger partial charge < -0.3 is 23.7 Å². The van der Waals surface area contributed by atoms with Gasteiger partial charge in [-0.05, 0) is 40.0 Å². The summed E-state index contributed by atoms with van der Waals surface area (Å²) in [5, 5.41) is 0.744. The van der Waals surface area contributed by atoms with Crippen LogP contribution in [0.2, 0.25) is 0 Å². The average molecular weight is 499 g/mol. The summed E-state index contributed by atoms with van der Waals surface area (Å²) in [6.45, 7) is 8.11. The first kappa shape index (κ1) is 31.2. The van der Waals surface area contributed by atoms with Crippen molar-refractivity contribution in [3.8, 4) is 28.7 Å². The van der Waals surface area contributed by atoms with Gasteiger partial charge in [0.15, 0.2) is 5.52 Å². The Morgan fingerprint density at radius 3 is 1.63 bits per heavy atom. The zero-order chi connectivity index (χ0) is 24.8. The first-order valence-electron chi connectivity index (χ1n) is 12.2. The van der Waals surface area contributed by atoms with Crippen molar-refractivity contribution in [2.24, 2.45) is 0 Å². The fourth-order valence-electron chi connectivity index (χ4n) is 3.24. The number of carbonyl (C=O) groups is 1. The molecule has 0 amide bonds. The first-order chi connectivity index (χ1) is 16.6. The molecule has 2 rings (SSSR count). The summed E-state index contributed by atoms with van der Waals surface area (Å²) in [6, 6.07) is 9.10. The van der Waals surface area contributed by atoms with Crippen LogP contribution in [0.3, 0.4) is 0 Å². The van der Waals surface area contributed by atoms with E-state index in [-0.39, 0.29) is 33.0 Å². The Kier molecular flexibility index (Phi) is 15.6. The van der Waals surface area contributed by atoms with Gasteiger partial charge in [0.2, 0.25) is 0 Å². The number of benzene rings is 2. The molecule has 0 aliphatic carbocycles. The van der Waals surface area contributed by atoms with Crippen LogP contribution in [0.5, 0.6) is 28.7 Å². The molecule has 0 heterocycles. The molecule has 1 atom stereocenters. The van der Waals surface area contributed by atoms with Crippen LogP contribution in [0.15, 0.2) is 30.3 Å². The summed E-state index contributed by atoms with van der Waals surface area (Å²) in [5.41, 5.74) is 0.322. The first-order valence-corrected chi connectivity index (χ1v) is 13.2. The standard InChI is InChI=1S/C27H39O6P.Li.H/c1-6-9-15-31-20-18-23(32-16-10-7-2)26(24(19-20)33-17-11-8-3)34-27(28)25-21(29-4)13-12-14-22(25)30-5;;/h12-14,18-19,34H,6-11,15-17H2,1-5H3;;. The predicted octanol–water partition coefficient (Wildman–Crippen LogP) is 5.74. The molecule has 0 saturated heterocycles. The van der Waals surface area contributed by atoms with Crippen LogP contribution in [0.1, 0.15) is 69.7 Å². The molecule has 190 valence electrons. The molecule has 0 aromatic heterocycles. The summed E-state index contributed by atoms with van der Waals surface area (Å²) >= 11 is 0. The third-order valence-corrected chi connectivity index (χ3v) is 6.43. The van der Waals surface area contributed by atoms with Crippen molar-refractivity contribution in [3.63, 3.8) is 0 Å². The van der Waals surface area contributed by atoms with Crippen molar-refractivity contribution in [2.45, 2.75) is 59.3 Å². The zero-order valence-corrected chi connectivity index (χ0v) is 22.2. The van der Waals surface area contributed by atoms with E-state index in [1.807, 2.05) is 12.1 Å². The Balaban J connectivity index is 0.00000612. The fraction of sp³-hybridized carbons (Fsp3) is 0.519. The summed E-state index contributed by atoms with van der Waals surface area (Å²) in [6.07, 6.45) is 5.89. The maximum atomic E-state index is 13.5. The Morgan fingerprint density at radius 2 is 1.20 bits per heavy atom. The van der Waals surface area contributed by atoms with E-state index in [9.17, 15) is 4.79 Å². The van der Waals surface area contributed by atoms with E-state index in [0.29, 0.717) is 54.1 Å². The van der Waals surface area contributed by atoms with Gasteiger partial charge in [-0.3, -0.25) is 4.79 Å². The molecule has 35 heavy (non-hydrogen) atoms. The summed E-state index contributed by atoms with van der Waals surface area (Å²) < 4.78 is 29.2. The minimum atomic E-state index is -0.230. The van der Waals surface area contributed by atoms with Crippen molar-refractivity contribution in [3.05, 3.63) is 35.9 Å². The third-order valence-electron chi connectivity index (χ3n) is 5.21. The second kappa shape index (κ2) is 17.5. The van der Waals surface area contributed by atoms with Crippen LogP contribution in [-0.4, -0.2) is 58.4 Å². The number of hydrogen-bond donors (Lipinski definition) is 0. The monoisotopic (exact) mass is 498 g/mol. The van der Waals surface area contributed by atoms with E-state index in [0.717, 1.165) is 43.8 Å². The van der Waals surface area contributed by atoms with Crippen LogP contribution in [-0.2, 0) is 0 Å². The van der Waals surface area contributed by atoms with Gasteiger partial charge in [0.25, 0.3) is 0 Å². The molecule has 0 aliphatic rings. The summed E-state index contributed by atoms with van der Waals surface area (Å²) in [5.74, 6) is 2.93. The molecule has 0 fully saturated rings. The van der Waals surface area contributed by atoms with Gasteiger partial charge in [0.1, 0.15) is 34.3 Å². The SMILES string of the molecule is CCCCOc1cc(OCCCC)c(PC(=O)c2c(OC)cccc2OC)c(OCCCC)c1.[LiH].